The molecule has 0 amide bonds. The fourth-order valence-electron chi connectivity index (χ4n) is 1.33. The first kappa shape index (κ1) is 6.00. The molecular weight excluding hydrogens is 187 g/mol. The molecule has 1 aliphatic rings. The van der Waals surface area contributed by atoms with Crippen LogP contribution < -0.4 is 0 Å². The van der Waals surface area contributed by atoms with Gasteiger partial charge in [0.05, 0.1) is 0 Å². The monoisotopic (exact) mass is 200 g/mol. The van der Waals surface area contributed by atoms with Crippen molar-refractivity contribution < 1.29 is 0 Å². The van der Waals surface area contributed by atoms with Crippen LogP contribution in [0.5, 0.6) is 0 Å². The zero-order chi connectivity index (χ0) is 5.28. The molecular formula is C6H13In. The Morgan fingerprint density at radius 3 is 2.43 bits per heavy atom. The maximum atomic E-state index is 2.57. The van der Waals surface area contributed by atoms with E-state index in [1.165, 1.54) is 3.67 Å². The van der Waals surface area contributed by atoms with E-state index in [4.69, 9.17) is 0 Å². The second-order valence-electron chi connectivity index (χ2n) is 2.89. The van der Waals surface area contributed by atoms with Crippen molar-refractivity contribution in [2.75, 3.05) is 0 Å². The Balaban J connectivity index is 2.33. The molecule has 0 bridgehead atoms. The number of hydrogen-bond donors (Lipinski definition) is 0. The first-order valence-corrected chi connectivity index (χ1v) is 10.8. The van der Waals surface area contributed by atoms with Gasteiger partial charge in [-0.25, -0.2) is 0 Å². The molecule has 1 atom stereocenters. The van der Waals surface area contributed by atoms with E-state index < -0.39 is 21.4 Å². The van der Waals surface area contributed by atoms with Crippen molar-refractivity contribution in [3.63, 3.8) is 0 Å². The molecule has 0 aromatic carbocycles. The summed E-state index contributed by atoms with van der Waals surface area (Å²) in [5, 5.41) is 0. The van der Waals surface area contributed by atoms with Crippen LogP contribution >= 0.6 is 0 Å². The summed E-state index contributed by atoms with van der Waals surface area (Å²) in [4.78, 5) is 0. The van der Waals surface area contributed by atoms with Gasteiger partial charge in [0.1, 0.15) is 0 Å². The first-order valence-electron chi connectivity index (χ1n) is 3.30. The molecule has 0 aromatic heterocycles. The maximum absolute atomic E-state index is 2.57. The Hall–Kier alpha value is 0.870. The Morgan fingerprint density at radius 2 is 2.29 bits per heavy atom. The fraction of sp³-hybridized carbons (Fsp3) is 1.00. The molecule has 1 saturated heterocycles. The molecule has 0 saturated carbocycles. The topological polar surface area (TPSA) is 0 Å². The van der Waals surface area contributed by atoms with Crippen LogP contribution in [0.25, 0.3) is 0 Å². The Kier molecular flexibility index (Phi) is 2.08. The molecule has 1 heterocycles. The van der Waals surface area contributed by atoms with Crippen molar-refractivity contribution in [1.29, 1.82) is 0 Å². The molecule has 1 unspecified atom stereocenters. The second-order valence-corrected chi connectivity index (χ2v) is 13.4. The summed E-state index contributed by atoms with van der Waals surface area (Å²) in [6.07, 6.45) is 3.13. The van der Waals surface area contributed by atoms with Gasteiger partial charge in [0, 0.05) is 0 Å². The van der Waals surface area contributed by atoms with Crippen LogP contribution in [0.15, 0.2) is 0 Å². The van der Waals surface area contributed by atoms with Crippen LogP contribution in [0.4, 0.5) is 0 Å². The molecule has 0 N–H and O–H groups in total. The van der Waals surface area contributed by atoms with E-state index in [-0.39, 0.29) is 0 Å². The van der Waals surface area contributed by atoms with Crippen LogP contribution in [0.1, 0.15) is 19.8 Å². The standard InChI is InChI=1S/C5H10.CH3.In/c1-3-5-4-2;;/h4H,1,3,5H2,2H3;1H3;. The van der Waals surface area contributed by atoms with Gasteiger partial charge in [0.2, 0.25) is 0 Å². The van der Waals surface area contributed by atoms with E-state index in [9.17, 15) is 0 Å². The van der Waals surface area contributed by atoms with Crippen LogP contribution in [0.3, 0.4) is 0 Å². The Labute approximate surface area is 53.8 Å². The third-order valence-electron chi connectivity index (χ3n) is 2.29. The summed E-state index contributed by atoms with van der Waals surface area (Å²) < 4.78 is 5.48. The zero-order valence-electron chi connectivity index (χ0n) is 5.28. The van der Waals surface area contributed by atoms with Crippen LogP contribution in [-0.2, 0) is 0 Å². The van der Waals surface area contributed by atoms with Gasteiger partial charge in [0.15, 0.2) is 0 Å². The summed E-state index contributed by atoms with van der Waals surface area (Å²) in [7, 11) is 0. The molecule has 1 aliphatic heterocycles. The van der Waals surface area contributed by atoms with Gasteiger partial charge in [-0.05, 0) is 0 Å². The summed E-state index contributed by atoms with van der Waals surface area (Å²) in [6, 6.07) is 0. The summed E-state index contributed by atoms with van der Waals surface area (Å²) >= 11 is -0.736. The quantitative estimate of drug-likeness (QED) is 0.562. The average Bonchev–Trinajstić information content (AvgIpc) is 1.91. The zero-order valence-corrected chi connectivity index (χ0v) is 8.57. The van der Waals surface area contributed by atoms with E-state index in [1.807, 2.05) is 0 Å². The van der Waals surface area contributed by atoms with Crippen molar-refractivity contribution in [3.05, 3.63) is 0 Å². The van der Waals surface area contributed by atoms with Crippen molar-refractivity contribution in [2.45, 2.75) is 32.3 Å². The first-order chi connectivity index (χ1) is 3.30. The van der Waals surface area contributed by atoms with E-state index >= 15 is 0 Å². The van der Waals surface area contributed by atoms with Crippen molar-refractivity contribution in [3.8, 4) is 0 Å². The molecule has 1 rings (SSSR count). The van der Waals surface area contributed by atoms with Gasteiger partial charge in [-0.1, -0.05) is 0 Å². The summed E-state index contributed by atoms with van der Waals surface area (Å²) in [5.74, 6) is 0. The average molecular weight is 200 g/mol. The molecule has 1 heteroatoms. The predicted molar refractivity (Wildman–Crippen MR) is 35.1 cm³/mol. The molecule has 0 radical (unpaired) electrons. The number of hydrogen-bond acceptors (Lipinski definition) is 0. The number of rotatable bonds is 0. The van der Waals surface area contributed by atoms with Crippen molar-refractivity contribution >= 4 is 21.4 Å². The Bertz CT molecular complexity index is 53.2. The third kappa shape index (κ3) is 1.38. The predicted octanol–water partition coefficient (Wildman–Crippen LogP) is 2.29. The summed E-state index contributed by atoms with van der Waals surface area (Å²) in [5.41, 5.74) is 0. The van der Waals surface area contributed by atoms with Gasteiger partial charge < -0.3 is 0 Å². The molecule has 7 heavy (non-hydrogen) atoms. The fourth-order valence-corrected chi connectivity index (χ4v) is 7.76. The van der Waals surface area contributed by atoms with Gasteiger partial charge in [-0.3, -0.25) is 0 Å². The third-order valence-corrected chi connectivity index (χ3v) is 12.6. The van der Waals surface area contributed by atoms with Gasteiger partial charge in [-0.15, -0.1) is 0 Å². The van der Waals surface area contributed by atoms with Gasteiger partial charge >= 0.3 is 53.7 Å². The minimum absolute atomic E-state index is 0.736. The Morgan fingerprint density at radius 1 is 1.57 bits per heavy atom. The molecule has 0 spiro atoms. The van der Waals surface area contributed by atoms with Crippen molar-refractivity contribution in [1.82, 2.24) is 0 Å². The van der Waals surface area contributed by atoms with Crippen LogP contribution in [0.2, 0.25) is 12.5 Å². The van der Waals surface area contributed by atoms with Crippen LogP contribution in [0, 0.1) is 0 Å². The summed E-state index contributed by atoms with van der Waals surface area (Å²) in [6.45, 7) is 2.45. The second kappa shape index (κ2) is 2.43. The van der Waals surface area contributed by atoms with Crippen LogP contribution in [-0.4, -0.2) is 21.4 Å². The molecule has 40 valence electrons. The van der Waals surface area contributed by atoms with Crippen molar-refractivity contribution in [2.24, 2.45) is 0 Å². The molecule has 0 aromatic rings. The SMILES string of the molecule is C[CH]1CC[CH2][In]1[CH3]. The minimum atomic E-state index is -0.736. The van der Waals surface area contributed by atoms with E-state index in [0.717, 1.165) is 0 Å². The van der Waals surface area contributed by atoms with Gasteiger partial charge in [0.25, 0.3) is 0 Å². The van der Waals surface area contributed by atoms with Gasteiger partial charge in [-0.2, -0.15) is 0 Å². The van der Waals surface area contributed by atoms with E-state index in [2.05, 4.69) is 11.6 Å². The molecule has 1 fully saturated rings. The van der Waals surface area contributed by atoms with E-state index in [1.54, 1.807) is 17.0 Å². The molecule has 0 nitrogen and oxygen atoms in total. The van der Waals surface area contributed by atoms with E-state index in [0.29, 0.717) is 0 Å². The molecule has 0 aliphatic carbocycles. The normalized spacial score (nSPS) is 31.7.